The van der Waals surface area contributed by atoms with Gasteiger partial charge in [-0.05, 0) is 30.5 Å². The van der Waals surface area contributed by atoms with Gasteiger partial charge in [-0.15, -0.1) is 26.5 Å². The molecule has 0 atom stereocenters. The summed E-state index contributed by atoms with van der Waals surface area (Å²) in [6.45, 7) is 9.65. The van der Waals surface area contributed by atoms with Gasteiger partial charge in [0.2, 0.25) is 5.91 Å². The minimum atomic E-state index is 0. The van der Waals surface area contributed by atoms with E-state index < -0.39 is 0 Å². The van der Waals surface area contributed by atoms with Gasteiger partial charge in [0.05, 0.1) is 7.11 Å². The zero-order valence-electron chi connectivity index (χ0n) is 19.8. The fraction of sp³-hybridized carbons (Fsp3) is 0.360. The molecular formula is C25H32BrKN2O3-2. The Morgan fingerprint density at radius 1 is 1.25 bits per heavy atom. The molecule has 0 aromatic heterocycles. The first-order valence-electron chi connectivity index (χ1n) is 10.4. The van der Waals surface area contributed by atoms with Crippen molar-refractivity contribution in [3.05, 3.63) is 64.8 Å². The molecule has 5 nitrogen and oxygen atoms in total. The van der Waals surface area contributed by atoms with Crippen molar-refractivity contribution in [1.82, 2.24) is 0 Å². The third-order valence-electron chi connectivity index (χ3n) is 4.81. The molecule has 2 aromatic rings. The molecule has 0 bridgehead atoms. The second kappa shape index (κ2) is 16.7. The van der Waals surface area contributed by atoms with Gasteiger partial charge in [-0.3, -0.25) is 22.8 Å². The van der Waals surface area contributed by atoms with Crippen molar-refractivity contribution in [1.29, 1.82) is 0 Å². The molecule has 3 N–H and O–H groups in total. The molecule has 0 unspecified atom stereocenters. The Morgan fingerprint density at radius 3 is 2.44 bits per heavy atom. The van der Waals surface area contributed by atoms with Crippen molar-refractivity contribution in [3.8, 4) is 5.75 Å². The zero-order valence-corrected chi connectivity index (χ0v) is 24.5. The van der Waals surface area contributed by atoms with Crippen LogP contribution in [0.15, 0.2) is 34.8 Å². The maximum absolute atomic E-state index is 12.1. The summed E-state index contributed by atoms with van der Waals surface area (Å²) in [4.78, 5) is 22.4. The van der Waals surface area contributed by atoms with Gasteiger partial charge in [0.25, 0.3) is 0 Å². The zero-order chi connectivity index (χ0) is 23.4. The quantitative estimate of drug-likeness (QED) is 0.364. The standard InChI is InChI=1S/C15H20NO2.C8H6BrNO.C2H6.K/c1-11-8-9-13(10-14(11)18-2)16-15(17)12-6-4-3-5-7-12;1-5-6(4-11)2-7(10)3-8(5)9;1-2;/h3,8-10,12H,4-7H2,1-2H3,(H,16,17);2-3H,1,10H2;1-2H3;/q-1;-2;;+1. The van der Waals surface area contributed by atoms with E-state index in [1.807, 2.05) is 39.0 Å². The molecule has 1 aliphatic rings. The van der Waals surface area contributed by atoms with Crippen LogP contribution < -0.4 is 67.2 Å². The fourth-order valence-electron chi connectivity index (χ4n) is 3.08. The van der Waals surface area contributed by atoms with Gasteiger partial charge >= 0.3 is 51.4 Å². The first-order chi connectivity index (χ1) is 14.8. The number of carbonyl (C=O) groups is 1. The molecule has 0 radical (unpaired) electrons. The number of methoxy groups -OCH3 is 1. The molecule has 0 heterocycles. The first kappa shape index (κ1) is 31.2. The molecule has 1 saturated carbocycles. The van der Waals surface area contributed by atoms with Gasteiger partial charge in [-0.25, -0.2) is 0 Å². The summed E-state index contributed by atoms with van der Waals surface area (Å²) >= 11 is 3.22. The van der Waals surface area contributed by atoms with E-state index >= 15 is 0 Å². The molecule has 3 rings (SSSR count). The molecule has 32 heavy (non-hydrogen) atoms. The predicted octanol–water partition coefficient (Wildman–Crippen LogP) is 3.04. The summed E-state index contributed by atoms with van der Waals surface area (Å²) in [7, 11) is 1.64. The Kier molecular flexibility index (Phi) is 16.3. The third kappa shape index (κ3) is 9.97. The number of hydrogen-bond acceptors (Lipinski definition) is 4. The van der Waals surface area contributed by atoms with Crippen LogP contribution in [-0.2, 0) is 9.59 Å². The van der Waals surface area contributed by atoms with Crippen LogP contribution in [-0.4, -0.2) is 19.3 Å². The molecular weight excluding hydrogens is 495 g/mol. The maximum Gasteiger partial charge on any atom is 1.00 e. The molecule has 1 aliphatic carbocycles. The van der Waals surface area contributed by atoms with Crippen molar-refractivity contribution in [3.63, 3.8) is 0 Å². The summed E-state index contributed by atoms with van der Waals surface area (Å²) in [6.07, 6.45) is 8.05. The van der Waals surface area contributed by atoms with Gasteiger partial charge in [0.1, 0.15) is 5.75 Å². The van der Waals surface area contributed by atoms with E-state index in [4.69, 9.17) is 10.5 Å². The van der Waals surface area contributed by atoms with Crippen molar-refractivity contribution in [2.75, 3.05) is 18.2 Å². The smallest absolute Gasteiger partial charge is 0.496 e. The Bertz CT molecular complexity index is 869. The number of rotatable bonds is 4. The van der Waals surface area contributed by atoms with Gasteiger partial charge in [-0.1, -0.05) is 32.8 Å². The maximum atomic E-state index is 12.1. The van der Waals surface area contributed by atoms with Gasteiger partial charge < -0.3 is 27.0 Å². The number of nitrogens with two attached hydrogens (primary N) is 1. The van der Waals surface area contributed by atoms with Crippen LogP contribution in [0.4, 0.5) is 11.4 Å². The average molecular weight is 528 g/mol. The van der Waals surface area contributed by atoms with E-state index in [0.717, 1.165) is 47.2 Å². The second-order valence-corrected chi connectivity index (χ2v) is 7.80. The van der Waals surface area contributed by atoms with E-state index in [1.165, 1.54) is 0 Å². The Morgan fingerprint density at radius 2 is 1.88 bits per heavy atom. The van der Waals surface area contributed by atoms with Crippen molar-refractivity contribution in [2.24, 2.45) is 5.92 Å². The number of amides is 1. The molecule has 1 fully saturated rings. The van der Waals surface area contributed by atoms with Crippen LogP contribution >= 0.6 is 15.9 Å². The number of benzene rings is 2. The number of anilines is 2. The van der Waals surface area contributed by atoms with Gasteiger partial charge in [-0.2, -0.15) is 18.9 Å². The summed E-state index contributed by atoms with van der Waals surface area (Å²) < 4.78 is 5.99. The van der Waals surface area contributed by atoms with Gasteiger partial charge in [0.15, 0.2) is 0 Å². The predicted molar refractivity (Wildman–Crippen MR) is 132 cm³/mol. The Balaban J connectivity index is 0.000000593. The summed E-state index contributed by atoms with van der Waals surface area (Å²) in [5.74, 6) is 1.10. The van der Waals surface area contributed by atoms with Crippen LogP contribution in [0, 0.1) is 26.2 Å². The number of halogens is 1. The molecule has 0 saturated heterocycles. The number of ether oxygens (including phenoxy) is 1. The van der Waals surface area contributed by atoms with Crippen LogP contribution in [0.25, 0.3) is 0 Å². The summed E-state index contributed by atoms with van der Waals surface area (Å²) in [6, 6.07) is 9.00. The normalized spacial score (nSPS) is 12.7. The van der Waals surface area contributed by atoms with Crippen molar-refractivity contribution >= 4 is 39.5 Å². The van der Waals surface area contributed by atoms with E-state index in [9.17, 15) is 9.59 Å². The van der Waals surface area contributed by atoms with Crippen molar-refractivity contribution in [2.45, 2.75) is 46.5 Å². The Hall–Kier alpha value is -0.834. The molecule has 1 amide bonds. The molecule has 2 aromatic carbocycles. The number of aryl methyl sites for hydroxylation is 1. The second-order valence-electron chi connectivity index (χ2n) is 6.94. The number of carbonyl (C=O) groups excluding carboxylic acids is 2. The molecule has 170 valence electrons. The topological polar surface area (TPSA) is 81.4 Å². The third-order valence-corrected chi connectivity index (χ3v) is 5.52. The summed E-state index contributed by atoms with van der Waals surface area (Å²) in [5, 5.41) is 2.98. The van der Waals surface area contributed by atoms with Crippen LogP contribution in [0.5, 0.6) is 5.75 Å². The first-order valence-corrected chi connectivity index (χ1v) is 11.2. The SMILES string of the molecule is CC.COc1cc(NC(=O)C2CC[CH-]CC2)ccc1C.[CH2-]c1c(Br)cc(N)cc1[C-]=O.[K+]. The van der Waals surface area contributed by atoms with Crippen LogP contribution in [0.3, 0.4) is 0 Å². The number of hydrogen-bond donors (Lipinski definition) is 2. The van der Waals surface area contributed by atoms with Crippen LogP contribution in [0.2, 0.25) is 0 Å². The van der Waals surface area contributed by atoms with E-state index in [-0.39, 0.29) is 63.2 Å². The summed E-state index contributed by atoms with van der Waals surface area (Å²) in [5.41, 5.74) is 8.91. The molecule has 7 heteroatoms. The van der Waals surface area contributed by atoms with Crippen molar-refractivity contribution < 1.29 is 65.7 Å². The number of nitrogens with one attached hydrogen (secondary N) is 1. The number of nitrogen functional groups attached to an aromatic ring is 1. The molecule has 0 spiro atoms. The Labute approximate surface area is 243 Å². The average Bonchev–Trinajstić information content (AvgIpc) is 2.79. The molecule has 0 aliphatic heterocycles. The van der Waals surface area contributed by atoms with E-state index in [0.29, 0.717) is 16.8 Å². The minimum Gasteiger partial charge on any atom is -0.496 e. The monoisotopic (exact) mass is 526 g/mol. The fourth-order valence-corrected chi connectivity index (χ4v) is 3.56. The van der Waals surface area contributed by atoms with E-state index in [2.05, 4.69) is 34.6 Å². The minimum absolute atomic E-state index is 0. The van der Waals surface area contributed by atoms with E-state index in [1.54, 1.807) is 25.5 Å². The van der Waals surface area contributed by atoms with Crippen LogP contribution in [0.1, 0.15) is 56.2 Å². The largest absolute Gasteiger partial charge is 1.00 e. The van der Waals surface area contributed by atoms with Gasteiger partial charge in [0, 0.05) is 17.7 Å².